The molecular formula is C22H31N5O. The van der Waals surface area contributed by atoms with Crippen LogP contribution in [0.1, 0.15) is 37.3 Å². The summed E-state index contributed by atoms with van der Waals surface area (Å²) in [5.74, 6) is 2.74. The third-order valence-corrected chi connectivity index (χ3v) is 4.85. The second-order valence-corrected chi connectivity index (χ2v) is 6.97. The summed E-state index contributed by atoms with van der Waals surface area (Å²) < 4.78 is 5.29. The van der Waals surface area contributed by atoms with Gasteiger partial charge in [0.1, 0.15) is 11.6 Å². The van der Waals surface area contributed by atoms with E-state index in [1.807, 2.05) is 24.4 Å². The summed E-state index contributed by atoms with van der Waals surface area (Å²) >= 11 is 0. The normalized spacial score (nSPS) is 14.6. The first-order valence-electron chi connectivity index (χ1n) is 10.1. The zero-order valence-electron chi connectivity index (χ0n) is 16.9. The lowest BCUT2D eigenvalue weighted by atomic mass is 10.1. The van der Waals surface area contributed by atoms with Gasteiger partial charge in [0.15, 0.2) is 5.96 Å². The highest BCUT2D eigenvalue weighted by atomic mass is 16.5. The summed E-state index contributed by atoms with van der Waals surface area (Å²) in [6.07, 6.45) is 5.74. The number of benzene rings is 1. The molecule has 2 N–H and O–H groups in total. The van der Waals surface area contributed by atoms with Crippen molar-refractivity contribution in [2.75, 3.05) is 31.6 Å². The van der Waals surface area contributed by atoms with Crippen LogP contribution in [0.5, 0.6) is 5.75 Å². The van der Waals surface area contributed by atoms with Crippen molar-refractivity contribution in [1.29, 1.82) is 0 Å². The van der Waals surface area contributed by atoms with E-state index in [2.05, 4.69) is 45.6 Å². The fourth-order valence-electron chi connectivity index (χ4n) is 3.34. The van der Waals surface area contributed by atoms with Crippen molar-refractivity contribution < 1.29 is 4.74 Å². The van der Waals surface area contributed by atoms with Crippen LogP contribution in [-0.4, -0.2) is 37.7 Å². The monoisotopic (exact) mass is 381 g/mol. The molecule has 0 spiro atoms. The molecule has 28 heavy (non-hydrogen) atoms. The van der Waals surface area contributed by atoms with Crippen molar-refractivity contribution in [3.05, 3.63) is 53.7 Å². The van der Waals surface area contributed by atoms with Crippen molar-refractivity contribution in [3.8, 4) is 5.75 Å². The summed E-state index contributed by atoms with van der Waals surface area (Å²) in [5.41, 5.74) is 2.33. The molecule has 6 heteroatoms. The van der Waals surface area contributed by atoms with Gasteiger partial charge in [-0.3, -0.25) is 0 Å². The van der Waals surface area contributed by atoms with E-state index in [-0.39, 0.29) is 0 Å². The molecule has 0 unspecified atom stereocenters. The maximum atomic E-state index is 5.29. The highest BCUT2D eigenvalue weighted by molar-refractivity contribution is 5.79. The van der Waals surface area contributed by atoms with Crippen molar-refractivity contribution in [3.63, 3.8) is 0 Å². The Kier molecular flexibility index (Phi) is 7.53. The predicted octanol–water partition coefficient (Wildman–Crippen LogP) is 3.34. The molecule has 2 aromatic rings. The fourth-order valence-corrected chi connectivity index (χ4v) is 3.34. The molecule has 150 valence electrons. The van der Waals surface area contributed by atoms with Crippen LogP contribution in [0, 0.1) is 0 Å². The second kappa shape index (κ2) is 10.5. The number of methoxy groups -OCH3 is 1. The number of guanidine groups is 1. The molecule has 1 aromatic carbocycles. The topological polar surface area (TPSA) is 61.8 Å². The Hall–Kier alpha value is -2.76. The van der Waals surface area contributed by atoms with E-state index < -0.39 is 0 Å². The van der Waals surface area contributed by atoms with Crippen LogP contribution >= 0.6 is 0 Å². The molecule has 0 saturated carbocycles. The summed E-state index contributed by atoms with van der Waals surface area (Å²) in [4.78, 5) is 11.6. The molecule has 0 atom stereocenters. The van der Waals surface area contributed by atoms with Gasteiger partial charge in [0, 0.05) is 32.4 Å². The van der Waals surface area contributed by atoms with Crippen molar-refractivity contribution in [1.82, 2.24) is 15.6 Å². The number of nitrogens with zero attached hydrogens (tertiary/aromatic N) is 3. The molecule has 0 amide bonds. The molecular weight excluding hydrogens is 350 g/mol. The number of aliphatic imine (C=N–C) groups is 1. The maximum Gasteiger partial charge on any atom is 0.191 e. The number of nitrogens with one attached hydrogen (secondary N) is 2. The van der Waals surface area contributed by atoms with Gasteiger partial charge >= 0.3 is 0 Å². The van der Waals surface area contributed by atoms with Crippen molar-refractivity contribution in [2.24, 2.45) is 4.99 Å². The van der Waals surface area contributed by atoms with E-state index in [1.165, 1.54) is 24.8 Å². The quantitative estimate of drug-likeness (QED) is 0.569. The first-order valence-corrected chi connectivity index (χ1v) is 10.1. The number of pyridine rings is 1. The average Bonchev–Trinajstić information content (AvgIpc) is 2.76. The highest BCUT2D eigenvalue weighted by Gasteiger charge is 2.12. The third-order valence-electron chi connectivity index (χ3n) is 4.85. The Bertz CT molecular complexity index is 771. The van der Waals surface area contributed by atoms with E-state index in [0.29, 0.717) is 13.1 Å². The molecule has 1 aromatic heterocycles. The minimum atomic E-state index is 0.599. The number of rotatable bonds is 7. The number of anilines is 1. The van der Waals surface area contributed by atoms with Crippen LogP contribution in [0.4, 0.5) is 5.82 Å². The lowest BCUT2D eigenvalue weighted by Crippen LogP contribution is -2.37. The minimum absolute atomic E-state index is 0.599. The van der Waals surface area contributed by atoms with E-state index >= 15 is 0 Å². The highest BCUT2D eigenvalue weighted by Crippen LogP contribution is 2.18. The first-order chi connectivity index (χ1) is 13.8. The fraction of sp³-hybridized carbons (Fsp3) is 0.455. The molecule has 6 nitrogen and oxygen atoms in total. The molecule has 0 radical (unpaired) electrons. The molecule has 1 fully saturated rings. The molecule has 3 rings (SSSR count). The van der Waals surface area contributed by atoms with Gasteiger partial charge in [-0.15, -0.1) is 0 Å². The molecule has 1 aliphatic rings. The summed E-state index contributed by atoms with van der Waals surface area (Å²) in [7, 11) is 1.68. The Labute approximate surface area is 168 Å². The molecule has 0 aliphatic carbocycles. The van der Waals surface area contributed by atoms with Gasteiger partial charge in [-0.2, -0.15) is 0 Å². The molecule has 2 heterocycles. The van der Waals surface area contributed by atoms with Gasteiger partial charge in [-0.1, -0.05) is 12.1 Å². The lowest BCUT2D eigenvalue weighted by Gasteiger charge is -2.28. The lowest BCUT2D eigenvalue weighted by molar-refractivity contribution is 0.414. The molecule has 1 saturated heterocycles. The van der Waals surface area contributed by atoms with Crippen LogP contribution in [0.2, 0.25) is 0 Å². The first kappa shape index (κ1) is 20.0. The number of piperidine rings is 1. The Balaban J connectivity index is 1.61. The maximum absolute atomic E-state index is 5.29. The zero-order valence-corrected chi connectivity index (χ0v) is 16.9. The number of hydrogen-bond acceptors (Lipinski definition) is 4. The third kappa shape index (κ3) is 5.87. The standard InChI is InChI=1S/C22H31N5O/c1-3-23-22(25-16-18-8-7-9-20(14-18)28-2)26-17-19-10-11-24-21(15-19)27-12-5-4-6-13-27/h7-11,14-15H,3-6,12-13,16-17H2,1-2H3,(H2,23,25,26). The Morgan fingerprint density at radius 2 is 1.96 bits per heavy atom. The van der Waals surface area contributed by atoms with Gasteiger partial charge in [0.05, 0.1) is 13.7 Å². The average molecular weight is 382 g/mol. The van der Waals surface area contributed by atoms with Crippen LogP contribution < -0.4 is 20.3 Å². The summed E-state index contributed by atoms with van der Waals surface area (Å²) in [6.45, 7) is 6.42. The van der Waals surface area contributed by atoms with E-state index in [1.54, 1.807) is 7.11 Å². The number of aromatic nitrogens is 1. The van der Waals surface area contributed by atoms with E-state index in [0.717, 1.165) is 42.7 Å². The van der Waals surface area contributed by atoms with E-state index in [9.17, 15) is 0 Å². The molecule has 0 bridgehead atoms. The van der Waals surface area contributed by atoms with Gasteiger partial charge in [-0.25, -0.2) is 9.98 Å². The predicted molar refractivity (Wildman–Crippen MR) is 115 cm³/mol. The largest absolute Gasteiger partial charge is 0.497 e. The van der Waals surface area contributed by atoms with Crippen molar-refractivity contribution >= 4 is 11.8 Å². The smallest absolute Gasteiger partial charge is 0.191 e. The second-order valence-electron chi connectivity index (χ2n) is 6.97. The van der Waals surface area contributed by atoms with E-state index in [4.69, 9.17) is 9.73 Å². The number of hydrogen-bond donors (Lipinski definition) is 2. The number of ether oxygens (including phenoxy) is 1. The SMILES string of the molecule is CCNC(=NCc1cccc(OC)c1)NCc1ccnc(N2CCCCC2)c1. The zero-order chi connectivity index (χ0) is 19.6. The van der Waals surface area contributed by atoms with Gasteiger partial charge < -0.3 is 20.3 Å². The van der Waals surface area contributed by atoms with Crippen LogP contribution in [0.3, 0.4) is 0 Å². The summed E-state index contributed by atoms with van der Waals surface area (Å²) in [5, 5.41) is 6.74. The van der Waals surface area contributed by atoms with Crippen molar-refractivity contribution in [2.45, 2.75) is 39.3 Å². The Morgan fingerprint density at radius 3 is 2.75 bits per heavy atom. The van der Waals surface area contributed by atoms with Crippen LogP contribution in [-0.2, 0) is 13.1 Å². The van der Waals surface area contributed by atoms with Crippen LogP contribution in [0.25, 0.3) is 0 Å². The summed E-state index contributed by atoms with van der Waals surface area (Å²) in [6, 6.07) is 12.3. The van der Waals surface area contributed by atoms with Gasteiger partial charge in [0.25, 0.3) is 0 Å². The van der Waals surface area contributed by atoms with Gasteiger partial charge in [0.2, 0.25) is 0 Å². The molecule has 1 aliphatic heterocycles. The minimum Gasteiger partial charge on any atom is -0.497 e. The van der Waals surface area contributed by atoms with Gasteiger partial charge in [-0.05, 0) is 61.6 Å². The Morgan fingerprint density at radius 1 is 1.11 bits per heavy atom. The van der Waals surface area contributed by atoms with Crippen LogP contribution in [0.15, 0.2) is 47.6 Å².